The van der Waals surface area contributed by atoms with Crippen LogP contribution in [0.3, 0.4) is 0 Å². The molecule has 0 aliphatic carbocycles. The summed E-state index contributed by atoms with van der Waals surface area (Å²) in [5.74, 6) is -0.160. The molecular formula is C18H37ClN4O5. The number of halogens is 1. The van der Waals surface area contributed by atoms with Crippen molar-refractivity contribution in [1.82, 2.24) is 20.9 Å². The van der Waals surface area contributed by atoms with Gasteiger partial charge >= 0.3 is 12.2 Å². The third-order valence-electron chi connectivity index (χ3n) is 3.83. The van der Waals surface area contributed by atoms with Crippen LogP contribution in [0.4, 0.5) is 9.59 Å². The minimum atomic E-state index is -0.640. The van der Waals surface area contributed by atoms with E-state index in [4.69, 9.17) is 9.47 Å². The molecule has 9 nitrogen and oxygen atoms in total. The Kier molecular flexibility index (Phi) is 17.7. The van der Waals surface area contributed by atoms with Gasteiger partial charge in [-0.05, 0) is 26.7 Å². The Morgan fingerprint density at radius 3 is 1.61 bits per heavy atom. The molecule has 0 saturated carbocycles. The van der Waals surface area contributed by atoms with E-state index in [0.717, 1.165) is 25.7 Å². The predicted octanol–water partition coefficient (Wildman–Crippen LogP) is 2.59. The largest absolute Gasteiger partial charge is 0.430 e. The molecule has 0 aromatic rings. The molecule has 0 rings (SSSR count). The van der Waals surface area contributed by atoms with Crippen LogP contribution in [0.5, 0.6) is 0 Å². The molecule has 2 unspecified atom stereocenters. The standard InChI is InChI=1S/C18H36N4O5.ClH/c1-6-8-10-20-17(24)26-15(4)22(13-12-19-14(3)23)16(5)27-18(25)21-11-9-7-2;/h15-16H,6-13H2,1-5H3,(H,19,23)(H,20,24)(H,21,25);1H. The zero-order chi connectivity index (χ0) is 20.7. The van der Waals surface area contributed by atoms with E-state index in [1.54, 1.807) is 18.7 Å². The summed E-state index contributed by atoms with van der Waals surface area (Å²) in [6, 6.07) is 0. The fourth-order valence-corrected chi connectivity index (χ4v) is 2.28. The van der Waals surface area contributed by atoms with Gasteiger partial charge in [0.15, 0.2) is 12.5 Å². The Morgan fingerprint density at radius 2 is 1.25 bits per heavy atom. The highest BCUT2D eigenvalue weighted by molar-refractivity contribution is 5.85. The van der Waals surface area contributed by atoms with Crippen molar-refractivity contribution in [2.75, 3.05) is 26.2 Å². The van der Waals surface area contributed by atoms with Crippen LogP contribution < -0.4 is 16.0 Å². The molecule has 0 heterocycles. The number of unbranched alkanes of at least 4 members (excludes halogenated alkanes) is 2. The van der Waals surface area contributed by atoms with Gasteiger partial charge in [-0.25, -0.2) is 14.5 Å². The van der Waals surface area contributed by atoms with E-state index < -0.39 is 24.6 Å². The number of hydrogen-bond donors (Lipinski definition) is 3. The van der Waals surface area contributed by atoms with Crippen molar-refractivity contribution >= 4 is 30.5 Å². The minimum absolute atomic E-state index is 0. The third-order valence-corrected chi connectivity index (χ3v) is 3.83. The number of nitrogens with zero attached hydrogens (tertiary/aromatic N) is 1. The maximum absolute atomic E-state index is 11.9. The number of hydrogen-bond acceptors (Lipinski definition) is 6. The van der Waals surface area contributed by atoms with E-state index in [9.17, 15) is 14.4 Å². The van der Waals surface area contributed by atoms with Crippen LogP contribution >= 0.6 is 12.4 Å². The molecule has 0 aliphatic heterocycles. The number of ether oxygens (including phenoxy) is 2. The van der Waals surface area contributed by atoms with Crippen LogP contribution in [0.25, 0.3) is 0 Å². The normalized spacial score (nSPS) is 12.4. The van der Waals surface area contributed by atoms with Crippen LogP contribution in [0, 0.1) is 0 Å². The minimum Gasteiger partial charge on any atom is -0.430 e. The fraction of sp³-hybridized carbons (Fsp3) is 0.833. The van der Waals surface area contributed by atoms with Crippen LogP contribution in [-0.4, -0.2) is 61.6 Å². The Balaban J connectivity index is 0. The summed E-state index contributed by atoms with van der Waals surface area (Å²) < 4.78 is 10.7. The van der Waals surface area contributed by atoms with Crippen LogP contribution in [0.15, 0.2) is 0 Å². The molecule has 0 aromatic heterocycles. The van der Waals surface area contributed by atoms with Gasteiger partial charge in [-0.3, -0.25) is 4.79 Å². The van der Waals surface area contributed by atoms with Crippen molar-refractivity contribution in [2.45, 2.75) is 72.8 Å². The first-order chi connectivity index (χ1) is 12.8. The summed E-state index contributed by atoms with van der Waals surface area (Å²) in [4.78, 5) is 36.6. The summed E-state index contributed by atoms with van der Waals surface area (Å²) in [6.07, 6.45) is 1.34. The molecule has 10 heteroatoms. The lowest BCUT2D eigenvalue weighted by molar-refractivity contribution is -0.120. The maximum Gasteiger partial charge on any atom is 0.408 e. The van der Waals surface area contributed by atoms with Gasteiger partial charge in [-0.2, -0.15) is 0 Å². The van der Waals surface area contributed by atoms with Crippen molar-refractivity contribution in [3.63, 3.8) is 0 Å². The van der Waals surface area contributed by atoms with Crippen LogP contribution in [0.2, 0.25) is 0 Å². The molecule has 0 fully saturated rings. The fourth-order valence-electron chi connectivity index (χ4n) is 2.28. The van der Waals surface area contributed by atoms with Crippen LogP contribution in [-0.2, 0) is 14.3 Å². The third kappa shape index (κ3) is 14.3. The zero-order valence-corrected chi connectivity index (χ0v) is 18.5. The molecule has 0 aliphatic rings. The van der Waals surface area contributed by atoms with E-state index in [2.05, 4.69) is 16.0 Å². The first-order valence-electron chi connectivity index (χ1n) is 9.70. The van der Waals surface area contributed by atoms with Crippen molar-refractivity contribution in [3.05, 3.63) is 0 Å². The molecule has 166 valence electrons. The number of carbonyl (C=O) groups is 3. The summed E-state index contributed by atoms with van der Waals surface area (Å²) in [7, 11) is 0. The molecule has 3 amide bonds. The average molecular weight is 425 g/mol. The predicted molar refractivity (Wildman–Crippen MR) is 110 cm³/mol. The van der Waals surface area contributed by atoms with Gasteiger partial charge in [0.25, 0.3) is 0 Å². The van der Waals surface area contributed by atoms with Gasteiger partial charge in [0, 0.05) is 33.1 Å². The first kappa shape index (κ1) is 28.5. The van der Waals surface area contributed by atoms with Gasteiger partial charge in [-0.15, -0.1) is 12.4 Å². The maximum atomic E-state index is 11.9. The summed E-state index contributed by atoms with van der Waals surface area (Å²) in [6.45, 7) is 10.7. The Labute approximate surface area is 174 Å². The van der Waals surface area contributed by atoms with Gasteiger partial charge < -0.3 is 25.4 Å². The molecular weight excluding hydrogens is 388 g/mol. The number of carbonyl (C=O) groups excluding carboxylic acids is 3. The smallest absolute Gasteiger partial charge is 0.408 e. The van der Waals surface area contributed by atoms with E-state index in [1.165, 1.54) is 6.92 Å². The van der Waals surface area contributed by atoms with Crippen molar-refractivity contribution < 1.29 is 23.9 Å². The molecule has 2 atom stereocenters. The van der Waals surface area contributed by atoms with Gasteiger partial charge in [0.2, 0.25) is 5.91 Å². The second-order valence-corrected chi connectivity index (χ2v) is 6.29. The topological polar surface area (TPSA) is 109 Å². The van der Waals surface area contributed by atoms with E-state index >= 15 is 0 Å². The van der Waals surface area contributed by atoms with Gasteiger partial charge in [0.05, 0.1) is 0 Å². The second kappa shape index (κ2) is 17.4. The summed E-state index contributed by atoms with van der Waals surface area (Å²) >= 11 is 0. The Hall–Kier alpha value is -1.74. The first-order valence-corrected chi connectivity index (χ1v) is 9.70. The molecule has 0 bridgehead atoms. The molecule has 28 heavy (non-hydrogen) atoms. The summed E-state index contributed by atoms with van der Waals surface area (Å²) in [5, 5.41) is 8.04. The lowest BCUT2D eigenvalue weighted by Crippen LogP contribution is -2.49. The van der Waals surface area contributed by atoms with E-state index in [0.29, 0.717) is 26.2 Å². The molecule has 0 radical (unpaired) electrons. The lowest BCUT2D eigenvalue weighted by atomic mass is 10.3. The highest BCUT2D eigenvalue weighted by atomic mass is 35.5. The number of alkyl carbamates (subject to hydrolysis) is 2. The summed E-state index contributed by atoms with van der Waals surface area (Å²) in [5.41, 5.74) is 0. The van der Waals surface area contributed by atoms with Crippen molar-refractivity contribution in [2.24, 2.45) is 0 Å². The zero-order valence-electron chi connectivity index (χ0n) is 17.7. The molecule has 0 saturated heterocycles. The molecule has 0 aromatic carbocycles. The molecule has 3 N–H and O–H groups in total. The number of amides is 3. The van der Waals surface area contributed by atoms with Crippen molar-refractivity contribution in [1.29, 1.82) is 0 Å². The average Bonchev–Trinajstić information content (AvgIpc) is 2.58. The van der Waals surface area contributed by atoms with Crippen molar-refractivity contribution in [3.8, 4) is 0 Å². The quantitative estimate of drug-likeness (QED) is 0.309. The van der Waals surface area contributed by atoms with Gasteiger partial charge in [0.1, 0.15) is 0 Å². The molecule has 0 spiro atoms. The second-order valence-electron chi connectivity index (χ2n) is 6.29. The highest BCUT2D eigenvalue weighted by Gasteiger charge is 2.25. The number of nitrogens with one attached hydrogen (secondary N) is 3. The van der Waals surface area contributed by atoms with Crippen LogP contribution in [0.1, 0.15) is 60.3 Å². The van der Waals surface area contributed by atoms with Gasteiger partial charge in [-0.1, -0.05) is 26.7 Å². The SMILES string of the molecule is CCCCNC(=O)OC(C)N(CCNC(C)=O)C(C)OC(=O)NCCCC.Cl. The monoisotopic (exact) mass is 424 g/mol. The highest BCUT2D eigenvalue weighted by Crippen LogP contribution is 2.09. The van der Waals surface area contributed by atoms with E-state index in [1.807, 2.05) is 13.8 Å². The lowest BCUT2D eigenvalue weighted by Gasteiger charge is -2.33. The van der Waals surface area contributed by atoms with E-state index in [-0.39, 0.29) is 18.3 Å². The Morgan fingerprint density at radius 1 is 0.821 bits per heavy atom. The number of rotatable bonds is 13. The Bertz CT molecular complexity index is 424.